The molecule has 1 aromatic carbocycles. The third-order valence-corrected chi connectivity index (χ3v) is 2.32. The van der Waals surface area contributed by atoms with E-state index in [4.69, 9.17) is 14.2 Å². The molecule has 1 aromatic rings. The number of hydrogen-bond acceptors (Lipinski definition) is 4. The molecule has 0 aliphatic carbocycles. The van der Waals surface area contributed by atoms with Gasteiger partial charge in [0.05, 0.1) is 20.8 Å². The fraction of sp³-hybridized carbons (Fsp3) is 0.462. The number of methoxy groups -OCH3 is 2. The highest BCUT2D eigenvalue weighted by atomic mass is 16.5. The van der Waals surface area contributed by atoms with Gasteiger partial charge in [0.1, 0.15) is 0 Å². The molecule has 0 aromatic heterocycles. The third kappa shape index (κ3) is 3.12. The van der Waals surface area contributed by atoms with Crippen LogP contribution in [0.1, 0.15) is 30.6 Å². The van der Waals surface area contributed by atoms with Crippen LogP contribution in [-0.2, 0) is 0 Å². The first-order valence-electron chi connectivity index (χ1n) is 5.53. The fourth-order valence-electron chi connectivity index (χ4n) is 1.43. The zero-order valence-corrected chi connectivity index (χ0v) is 10.7. The van der Waals surface area contributed by atoms with E-state index in [1.807, 2.05) is 6.92 Å². The predicted molar refractivity (Wildman–Crippen MR) is 65.3 cm³/mol. The topological polar surface area (TPSA) is 44.8 Å². The molecule has 0 spiro atoms. The van der Waals surface area contributed by atoms with E-state index in [1.54, 1.807) is 12.1 Å². The number of benzene rings is 1. The highest BCUT2D eigenvalue weighted by Crippen LogP contribution is 2.38. The highest BCUT2D eigenvalue weighted by Gasteiger charge is 2.15. The largest absolute Gasteiger partial charge is 0.493 e. The summed E-state index contributed by atoms with van der Waals surface area (Å²) in [5, 5.41) is 0. The van der Waals surface area contributed by atoms with Crippen molar-refractivity contribution in [2.75, 3.05) is 20.8 Å². The Bertz CT molecular complexity index is 373. The summed E-state index contributed by atoms with van der Waals surface area (Å²) >= 11 is 0. The van der Waals surface area contributed by atoms with Gasteiger partial charge in [-0.2, -0.15) is 0 Å². The Hall–Kier alpha value is -1.71. The number of ether oxygens (including phenoxy) is 3. The third-order valence-electron chi connectivity index (χ3n) is 2.32. The van der Waals surface area contributed by atoms with Crippen LogP contribution in [0.5, 0.6) is 17.2 Å². The van der Waals surface area contributed by atoms with Crippen LogP contribution in [0.15, 0.2) is 12.1 Å². The molecule has 0 saturated heterocycles. The predicted octanol–water partition coefficient (Wildman–Crippen LogP) is 2.70. The summed E-state index contributed by atoms with van der Waals surface area (Å²) in [6.45, 7) is 4.09. The van der Waals surface area contributed by atoms with E-state index in [-0.39, 0.29) is 5.78 Å². The first kappa shape index (κ1) is 13.4. The van der Waals surface area contributed by atoms with Gasteiger partial charge in [-0.1, -0.05) is 6.92 Å². The van der Waals surface area contributed by atoms with Gasteiger partial charge >= 0.3 is 0 Å². The molecule has 0 heterocycles. The smallest absolute Gasteiger partial charge is 0.203 e. The van der Waals surface area contributed by atoms with Crippen molar-refractivity contribution in [1.82, 2.24) is 0 Å². The summed E-state index contributed by atoms with van der Waals surface area (Å²) in [5.41, 5.74) is 0.544. The van der Waals surface area contributed by atoms with Gasteiger partial charge in [0, 0.05) is 5.56 Å². The molecule has 0 aliphatic rings. The van der Waals surface area contributed by atoms with Gasteiger partial charge in [0.2, 0.25) is 5.75 Å². The summed E-state index contributed by atoms with van der Waals surface area (Å²) in [6.07, 6.45) is 0.890. The lowest BCUT2D eigenvalue weighted by atomic mass is 10.1. The van der Waals surface area contributed by atoms with Crippen molar-refractivity contribution < 1.29 is 19.0 Å². The molecule has 0 amide bonds. The van der Waals surface area contributed by atoms with Crippen LogP contribution in [-0.4, -0.2) is 26.6 Å². The maximum Gasteiger partial charge on any atom is 0.203 e. The van der Waals surface area contributed by atoms with Crippen molar-refractivity contribution in [2.45, 2.75) is 20.3 Å². The van der Waals surface area contributed by atoms with E-state index < -0.39 is 0 Å². The van der Waals surface area contributed by atoms with Gasteiger partial charge in [-0.25, -0.2) is 0 Å². The first-order chi connectivity index (χ1) is 8.13. The van der Waals surface area contributed by atoms with Crippen LogP contribution in [0.25, 0.3) is 0 Å². The molecule has 4 nitrogen and oxygen atoms in total. The van der Waals surface area contributed by atoms with Crippen LogP contribution < -0.4 is 14.2 Å². The quantitative estimate of drug-likeness (QED) is 0.715. The van der Waals surface area contributed by atoms with Gasteiger partial charge in [-0.05, 0) is 25.5 Å². The lowest BCUT2D eigenvalue weighted by Crippen LogP contribution is -2.03. The first-order valence-corrected chi connectivity index (χ1v) is 5.53. The molecule has 94 valence electrons. The van der Waals surface area contributed by atoms with Crippen LogP contribution in [0, 0.1) is 0 Å². The molecule has 0 aliphatic heterocycles. The molecular formula is C13H18O4. The summed E-state index contributed by atoms with van der Waals surface area (Å²) in [4.78, 5) is 11.4. The Kier molecular flexibility index (Phi) is 4.82. The summed E-state index contributed by atoms with van der Waals surface area (Å²) in [6, 6.07) is 3.33. The van der Waals surface area contributed by atoms with Crippen molar-refractivity contribution in [1.29, 1.82) is 0 Å². The summed E-state index contributed by atoms with van der Waals surface area (Å²) in [7, 11) is 3.08. The fourth-order valence-corrected chi connectivity index (χ4v) is 1.43. The zero-order chi connectivity index (χ0) is 12.8. The number of hydrogen-bond donors (Lipinski definition) is 0. The van der Waals surface area contributed by atoms with E-state index in [9.17, 15) is 4.79 Å². The molecule has 0 radical (unpaired) electrons. The van der Waals surface area contributed by atoms with E-state index in [2.05, 4.69) is 0 Å². The van der Waals surface area contributed by atoms with Crippen LogP contribution >= 0.6 is 0 Å². The molecule has 1 rings (SSSR count). The highest BCUT2D eigenvalue weighted by molar-refractivity contribution is 5.95. The number of ketones is 1. The average molecular weight is 238 g/mol. The van der Waals surface area contributed by atoms with Crippen molar-refractivity contribution in [3.05, 3.63) is 17.7 Å². The standard InChI is InChI=1S/C13H18O4/c1-5-6-17-13-11(15-3)7-10(9(2)14)8-12(13)16-4/h7-8H,5-6H2,1-4H3. The number of rotatable bonds is 6. The average Bonchev–Trinajstić information content (AvgIpc) is 2.34. The molecule has 17 heavy (non-hydrogen) atoms. The number of carbonyl (C=O) groups excluding carboxylic acids is 1. The molecule has 0 bridgehead atoms. The minimum Gasteiger partial charge on any atom is -0.493 e. The maximum atomic E-state index is 11.4. The van der Waals surface area contributed by atoms with Gasteiger partial charge in [0.25, 0.3) is 0 Å². The molecular weight excluding hydrogens is 220 g/mol. The van der Waals surface area contributed by atoms with Gasteiger partial charge in [-0.3, -0.25) is 4.79 Å². The van der Waals surface area contributed by atoms with Gasteiger partial charge in [-0.15, -0.1) is 0 Å². The second kappa shape index (κ2) is 6.13. The number of Topliss-reactive ketones (excluding diaryl/α,β-unsaturated/α-hetero) is 1. The molecule has 0 N–H and O–H groups in total. The Morgan fingerprint density at radius 1 is 1.18 bits per heavy atom. The molecule has 4 heteroatoms. The van der Waals surface area contributed by atoms with Crippen LogP contribution in [0.2, 0.25) is 0 Å². The lowest BCUT2D eigenvalue weighted by Gasteiger charge is -2.15. The molecule has 0 atom stereocenters. The molecule has 0 fully saturated rings. The van der Waals surface area contributed by atoms with Crippen molar-refractivity contribution in [2.24, 2.45) is 0 Å². The van der Waals surface area contributed by atoms with Crippen molar-refractivity contribution in [3.8, 4) is 17.2 Å². The minimum atomic E-state index is -0.0383. The summed E-state index contributed by atoms with van der Waals surface area (Å²) in [5.74, 6) is 1.54. The molecule has 0 unspecified atom stereocenters. The number of carbonyl (C=O) groups is 1. The normalized spacial score (nSPS) is 9.88. The summed E-state index contributed by atoms with van der Waals surface area (Å²) < 4.78 is 16.0. The van der Waals surface area contributed by atoms with E-state index >= 15 is 0 Å². The van der Waals surface area contributed by atoms with Gasteiger partial charge in [0.15, 0.2) is 17.3 Å². The Balaban J connectivity index is 3.21. The van der Waals surface area contributed by atoms with Crippen molar-refractivity contribution >= 4 is 5.78 Å². The Morgan fingerprint density at radius 2 is 1.71 bits per heavy atom. The SMILES string of the molecule is CCCOc1c(OC)cc(C(C)=O)cc1OC. The minimum absolute atomic E-state index is 0.0383. The van der Waals surface area contributed by atoms with Crippen LogP contribution in [0.3, 0.4) is 0 Å². The van der Waals surface area contributed by atoms with Crippen LogP contribution in [0.4, 0.5) is 0 Å². The van der Waals surface area contributed by atoms with Crippen molar-refractivity contribution in [3.63, 3.8) is 0 Å². The van der Waals surface area contributed by atoms with Gasteiger partial charge < -0.3 is 14.2 Å². The Morgan fingerprint density at radius 3 is 2.06 bits per heavy atom. The second-order valence-electron chi connectivity index (χ2n) is 3.61. The maximum absolute atomic E-state index is 11.4. The Labute approximate surface area is 101 Å². The van der Waals surface area contributed by atoms with E-state index in [1.165, 1.54) is 21.1 Å². The van der Waals surface area contributed by atoms with E-state index in [0.29, 0.717) is 29.4 Å². The lowest BCUT2D eigenvalue weighted by molar-refractivity contribution is 0.101. The second-order valence-corrected chi connectivity index (χ2v) is 3.61. The monoisotopic (exact) mass is 238 g/mol. The molecule has 0 saturated carbocycles. The van der Waals surface area contributed by atoms with E-state index in [0.717, 1.165) is 6.42 Å². The zero-order valence-electron chi connectivity index (χ0n) is 10.7.